The molecule has 1 aliphatic heterocycles. The van der Waals surface area contributed by atoms with E-state index in [4.69, 9.17) is 39.5 Å². The zero-order valence-electron chi connectivity index (χ0n) is 20.8. The van der Waals surface area contributed by atoms with Gasteiger partial charge in [0, 0.05) is 13.1 Å². The molecule has 1 aromatic heterocycles. The Morgan fingerprint density at radius 3 is 2.24 bits per heavy atom. The normalized spacial score (nSPS) is 16.0. The lowest BCUT2D eigenvalue weighted by atomic mass is 9.93. The Morgan fingerprint density at radius 2 is 1.63 bits per heavy atom. The van der Waals surface area contributed by atoms with Gasteiger partial charge in [-0.1, -0.05) is 34.8 Å². The van der Waals surface area contributed by atoms with E-state index in [1.165, 1.54) is 16.8 Å². The average molecular weight is 593 g/mol. The second kappa shape index (κ2) is 11.8. The van der Waals surface area contributed by atoms with Crippen LogP contribution in [-0.4, -0.2) is 40.3 Å². The van der Waals surface area contributed by atoms with E-state index >= 15 is 0 Å². The summed E-state index contributed by atoms with van der Waals surface area (Å²) in [6.45, 7) is 4.24. The third-order valence-electron chi connectivity index (χ3n) is 6.85. The zero-order chi connectivity index (χ0) is 27.6. The van der Waals surface area contributed by atoms with Gasteiger partial charge in [0.15, 0.2) is 0 Å². The molecule has 0 radical (unpaired) electrons. The van der Waals surface area contributed by atoms with Gasteiger partial charge in [-0.2, -0.15) is 0 Å². The molecule has 1 unspecified atom stereocenters. The molecule has 2 aromatic carbocycles. The van der Waals surface area contributed by atoms with Crippen LogP contribution in [0.4, 0.5) is 13.2 Å². The van der Waals surface area contributed by atoms with Crippen molar-refractivity contribution in [2.24, 2.45) is 13.0 Å². The molecule has 12 heteroatoms. The first-order valence-corrected chi connectivity index (χ1v) is 13.2. The number of aromatic nitrogens is 2. The Hall–Kier alpha value is -2.33. The van der Waals surface area contributed by atoms with Gasteiger partial charge >= 0.3 is 6.36 Å². The third-order valence-corrected chi connectivity index (χ3v) is 7.94. The number of rotatable bonds is 8. The lowest BCUT2D eigenvalue weighted by Gasteiger charge is -2.36. The topological polar surface area (TPSA) is 48.6 Å². The first kappa shape index (κ1) is 28.7. The number of likely N-dealkylation sites (tertiary alicyclic amines) is 1. The van der Waals surface area contributed by atoms with Crippen LogP contribution >= 0.6 is 34.8 Å². The molecule has 1 atom stereocenters. The van der Waals surface area contributed by atoms with E-state index in [0.29, 0.717) is 39.7 Å². The summed E-state index contributed by atoms with van der Waals surface area (Å²) in [7, 11) is 1.71. The molecule has 1 aliphatic rings. The summed E-state index contributed by atoms with van der Waals surface area (Å²) >= 11 is 18.5. The van der Waals surface area contributed by atoms with Crippen molar-refractivity contribution >= 4 is 34.8 Å². The van der Waals surface area contributed by atoms with Crippen LogP contribution in [0, 0.1) is 5.92 Å². The predicted molar refractivity (Wildman–Crippen MR) is 142 cm³/mol. The molecule has 6 nitrogen and oxygen atoms in total. The Labute approximate surface area is 233 Å². The quantitative estimate of drug-likeness (QED) is 0.276. The Morgan fingerprint density at radius 1 is 1.00 bits per heavy atom. The molecule has 3 aromatic rings. The number of nitrogens with zero attached hydrogens (tertiary/aromatic N) is 3. The summed E-state index contributed by atoms with van der Waals surface area (Å²) in [5.74, 6) is 0.823. The van der Waals surface area contributed by atoms with E-state index in [1.807, 2.05) is 6.92 Å². The first-order chi connectivity index (χ1) is 17.9. The fourth-order valence-corrected chi connectivity index (χ4v) is 5.48. The summed E-state index contributed by atoms with van der Waals surface area (Å²) in [4.78, 5) is 15.3. The summed E-state index contributed by atoms with van der Waals surface area (Å²) < 4.78 is 50.2. The highest BCUT2D eigenvalue weighted by Crippen LogP contribution is 2.32. The number of halogens is 6. The smallest absolute Gasteiger partial charge is 0.494 e. The van der Waals surface area contributed by atoms with Crippen LogP contribution in [-0.2, 0) is 7.05 Å². The molecular formula is C26H27Cl3F3N3O3. The second-order valence-corrected chi connectivity index (χ2v) is 10.4. The van der Waals surface area contributed by atoms with Gasteiger partial charge in [-0.25, -0.2) is 4.68 Å². The highest BCUT2D eigenvalue weighted by Gasteiger charge is 2.32. The molecule has 206 valence electrons. The number of hydrogen-bond acceptors (Lipinski definition) is 4. The van der Waals surface area contributed by atoms with Gasteiger partial charge in [-0.15, -0.1) is 13.2 Å². The maximum Gasteiger partial charge on any atom is 0.573 e. The SMILES string of the molecule is CC(c1c(Cl)c(=O)n(-c2ccc(OC(F)(F)F)cc2)n1C)N1CCC(CCOc2ccc(Cl)c(Cl)c2)CC1. The first-order valence-electron chi connectivity index (χ1n) is 12.1. The molecule has 0 bridgehead atoms. The van der Waals surface area contributed by atoms with Gasteiger partial charge in [0.05, 0.1) is 34.1 Å². The monoisotopic (exact) mass is 591 g/mol. The van der Waals surface area contributed by atoms with Crippen molar-refractivity contribution in [1.29, 1.82) is 0 Å². The highest BCUT2D eigenvalue weighted by molar-refractivity contribution is 6.42. The summed E-state index contributed by atoms with van der Waals surface area (Å²) in [6, 6.07) is 10.2. The summed E-state index contributed by atoms with van der Waals surface area (Å²) in [5.41, 5.74) is 0.594. The van der Waals surface area contributed by atoms with Crippen LogP contribution in [0.2, 0.25) is 15.1 Å². The van der Waals surface area contributed by atoms with Crippen molar-refractivity contribution < 1.29 is 22.6 Å². The van der Waals surface area contributed by atoms with Gasteiger partial charge in [0.1, 0.15) is 16.5 Å². The Kier molecular flexibility index (Phi) is 8.92. The number of ether oxygens (including phenoxy) is 2. The van der Waals surface area contributed by atoms with Crippen LogP contribution in [0.25, 0.3) is 5.69 Å². The van der Waals surface area contributed by atoms with Crippen LogP contribution in [0.1, 0.15) is 37.9 Å². The molecule has 4 rings (SSSR count). The lowest BCUT2D eigenvalue weighted by molar-refractivity contribution is -0.274. The second-order valence-electron chi connectivity index (χ2n) is 9.25. The molecule has 0 spiro atoms. The maximum absolute atomic E-state index is 13.0. The van der Waals surface area contributed by atoms with E-state index < -0.39 is 11.9 Å². The zero-order valence-corrected chi connectivity index (χ0v) is 23.0. The third kappa shape index (κ3) is 6.62. The summed E-state index contributed by atoms with van der Waals surface area (Å²) in [5, 5.41) is 1.04. The molecule has 0 saturated carbocycles. The van der Waals surface area contributed by atoms with E-state index in [-0.39, 0.29) is 16.8 Å². The van der Waals surface area contributed by atoms with Gasteiger partial charge < -0.3 is 9.47 Å². The number of hydrogen-bond donors (Lipinski definition) is 0. The standard InChI is InChI=1S/C26H27Cl3F3N3O3/c1-16(34-12-9-17(10-13-34)11-14-37-20-7-8-21(27)22(28)15-20)24-23(29)25(36)35(33(24)2)18-3-5-19(6-4-18)38-26(30,31)32/h3-8,15-17H,9-14H2,1-2H3. The fourth-order valence-electron chi connectivity index (χ4n) is 4.83. The lowest BCUT2D eigenvalue weighted by Crippen LogP contribution is -2.37. The molecule has 0 N–H and O–H groups in total. The van der Waals surface area contributed by atoms with Crippen molar-refractivity contribution in [1.82, 2.24) is 14.3 Å². The van der Waals surface area contributed by atoms with E-state index in [0.717, 1.165) is 44.5 Å². The van der Waals surface area contributed by atoms with E-state index in [1.54, 1.807) is 29.9 Å². The Bertz CT molecular complexity index is 1320. The fraction of sp³-hybridized carbons (Fsp3) is 0.423. The van der Waals surface area contributed by atoms with E-state index in [9.17, 15) is 18.0 Å². The molecule has 2 heterocycles. The molecule has 1 saturated heterocycles. The number of benzene rings is 2. The van der Waals surface area contributed by atoms with Crippen molar-refractivity contribution in [2.75, 3.05) is 19.7 Å². The number of alkyl halides is 3. The average Bonchev–Trinajstić information content (AvgIpc) is 3.08. The minimum atomic E-state index is -4.79. The van der Waals surface area contributed by atoms with Crippen LogP contribution in [0.5, 0.6) is 11.5 Å². The Balaban J connectivity index is 1.37. The highest BCUT2D eigenvalue weighted by atomic mass is 35.5. The van der Waals surface area contributed by atoms with Crippen molar-refractivity contribution in [2.45, 2.75) is 38.6 Å². The minimum absolute atomic E-state index is 0.0905. The van der Waals surface area contributed by atoms with Crippen LogP contribution in [0.3, 0.4) is 0 Å². The molecule has 38 heavy (non-hydrogen) atoms. The van der Waals surface area contributed by atoms with Crippen molar-refractivity contribution in [3.8, 4) is 17.2 Å². The maximum atomic E-state index is 13.0. The van der Waals surface area contributed by atoms with Gasteiger partial charge in [-0.3, -0.25) is 14.4 Å². The largest absolute Gasteiger partial charge is 0.573 e. The van der Waals surface area contributed by atoms with Gasteiger partial charge in [0.25, 0.3) is 5.56 Å². The van der Waals surface area contributed by atoms with E-state index in [2.05, 4.69) is 9.64 Å². The van der Waals surface area contributed by atoms with Gasteiger partial charge in [0.2, 0.25) is 0 Å². The summed E-state index contributed by atoms with van der Waals surface area (Å²) in [6.07, 6.45) is -1.93. The molecule has 0 aliphatic carbocycles. The van der Waals surface area contributed by atoms with Gasteiger partial charge in [-0.05, 0) is 81.6 Å². The van der Waals surface area contributed by atoms with Crippen LogP contribution in [0.15, 0.2) is 47.3 Å². The minimum Gasteiger partial charge on any atom is -0.494 e. The van der Waals surface area contributed by atoms with Crippen molar-refractivity contribution in [3.05, 3.63) is 73.6 Å². The molecule has 0 amide bonds. The number of piperidine rings is 1. The van der Waals surface area contributed by atoms with Crippen molar-refractivity contribution in [3.63, 3.8) is 0 Å². The van der Waals surface area contributed by atoms with Crippen LogP contribution < -0.4 is 15.0 Å². The molecule has 1 fully saturated rings. The predicted octanol–water partition coefficient (Wildman–Crippen LogP) is 7.28. The molecular weight excluding hydrogens is 566 g/mol.